The number of carbonyl (C=O) groups is 4. The number of likely N-dealkylation sites (tertiary alicyclic amines) is 1. The second-order valence-corrected chi connectivity index (χ2v) is 16.1. The third kappa shape index (κ3) is 7.80. The van der Waals surface area contributed by atoms with Gasteiger partial charge in [0.25, 0.3) is 0 Å². The van der Waals surface area contributed by atoms with E-state index < -0.39 is 53.2 Å². The molecule has 0 saturated carbocycles. The molecule has 3 amide bonds. The predicted octanol–water partition coefficient (Wildman–Crippen LogP) is 4.97. The molecule has 10 heteroatoms. The maximum Gasteiger partial charge on any atom is 0.313 e. The van der Waals surface area contributed by atoms with Crippen LogP contribution < -0.4 is 5.32 Å². The lowest BCUT2D eigenvalue weighted by Crippen LogP contribution is -2.63. The molecule has 3 heterocycles. The fourth-order valence-electron chi connectivity index (χ4n) is 8.56. The van der Waals surface area contributed by atoms with E-state index in [1.807, 2.05) is 58.0 Å². The summed E-state index contributed by atoms with van der Waals surface area (Å²) in [4.78, 5) is 59.8. The Morgan fingerprint density at radius 1 is 1.14 bits per heavy atom. The minimum atomic E-state index is -1.26. The van der Waals surface area contributed by atoms with Crippen molar-refractivity contribution in [3.8, 4) is 0 Å². The van der Waals surface area contributed by atoms with Crippen LogP contribution in [0.2, 0.25) is 0 Å². The first-order chi connectivity index (χ1) is 23.0. The van der Waals surface area contributed by atoms with Gasteiger partial charge in [0.1, 0.15) is 17.7 Å². The summed E-state index contributed by atoms with van der Waals surface area (Å²) in [6, 6.07) is 7.46. The number of rotatable bonds is 16. The normalized spacial score (nSPS) is 25.9. The number of nitrogens with one attached hydrogen (secondary N) is 1. The highest BCUT2D eigenvalue weighted by atomic mass is 16.6. The van der Waals surface area contributed by atoms with Crippen molar-refractivity contribution in [2.24, 2.45) is 23.2 Å². The Labute approximate surface area is 292 Å². The molecule has 3 saturated heterocycles. The fraction of sp³-hybridized carbons (Fsp3) is 0.641. The molecule has 0 radical (unpaired) electrons. The van der Waals surface area contributed by atoms with Crippen molar-refractivity contribution in [2.45, 2.75) is 116 Å². The number of benzene rings is 1. The predicted molar refractivity (Wildman–Crippen MR) is 188 cm³/mol. The van der Waals surface area contributed by atoms with E-state index in [1.165, 1.54) is 4.90 Å². The first kappa shape index (κ1) is 38.3. The number of nitrogens with zero attached hydrogens (tertiary/aromatic N) is 2. The van der Waals surface area contributed by atoms with Crippen molar-refractivity contribution in [1.29, 1.82) is 0 Å². The third-order valence-electron chi connectivity index (χ3n) is 10.3. The van der Waals surface area contributed by atoms with Gasteiger partial charge < -0.3 is 29.7 Å². The topological polar surface area (TPSA) is 125 Å². The van der Waals surface area contributed by atoms with Crippen LogP contribution in [-0.2, 0) is 28.7 Å². The number of allylic oxidation sites excluding steroid dienone is 1. The lowest BCUT2D eigenvalue weighted by atomic mass is 9.70. The summed E-state index contributed by atoms with van der Waals surface area (Å²) in [6.07, 6.45) is 4.32. The molecule has 1 spiro atoms. The molecule has 0 unspecified atom stereocenters. The van der Waals surface area contributed by atoms with Crippen LogP contribution in [0, 0.1) is 23.2 Å². The number of aliphatic hydroxyl groups is 1. The molecule has 0 aromatic heterocycles. The van der Waals surface area contributed by atoms with Crippen LogP contribution in [0.1, 0.15) is 92.2 Å². The van der Waals surface area contributed by atoms with Gasteiger partial charge in [-0.3, -0.25) is 19.2 Å². The molecule has 2 bridgehead atoms. The SMILES string of the molecule is C=CCCC(=O)NC[C@@H](OC(=O)[C@@H]1[C@@H]2CC[C@]3(O2)[C@H](C(=O)N(CC=C)C(C)(C)CC(C)(C)C)N([C@@H](CO)C(C)C)C(=O)[C@@H]13)c1ccccc1. The molecule has 49 heavy (non-hydrogen) atoms. The van der Waals surface area contributed by atoms with Crippen LogP contribution in [0.4, 0.5) is 0 Å². The molecule has 2 N–H and O–H groups in total. The highest BCUT2D eigenvalue weighted by Crippen LogP contribution is 2.60. The third-order valence-corrected chi connectivity index (χ3v) is 10.3. The maximum atomic E-state index is 15.0. The Bertz CT molecular complexity index is 1390. The molecule has 10 nitrogen and oxygen atoms in total. The van der Waals surface area contributed by atoms with Gasteiger partial charge in [-0.15, -0.1) is 13.2 Å². The fourth-order valence-corrected chi connectivity index (χ4v) is 8.56. The van der Waals surface area contributed by atoms with Gasteiger partial charge in [0.05, 0.1) is 37.1 Å². The molecular formula is C39H57N3O7. The number of hydrogen-bond acceptors (Lipinski definition) is 7. The van der Waals surface area contributed by atoms with Gasteiger partial charge >= 0.3 is 5.97 Å². The minimum absolute atomic E-state index is 0.0558. The molecule has 1 aromatic carbocycles. The number of carbonyl (C=O) groups excluding carboxylic acids is 4. The molecule has 270 valence electrons. The molecule has 3 aliphatic heterocycles. The number of aliphatic hydroxyl groups excluding tert-OH is 1. The van der Waals surface area contributed by atoms with E-state index in [0.29, 0.717) is 31.2 Å². The second kappa shape index (κ2) is 15.2. The smallest absolute Gasteiger partial charge is 0.313 e. The quantitative estimate of drug-likeness (QED) is 0.187. The molecular weight excluding hydrogens is 622 g/mol. The van der Waals surface area contributed by atoms with Gasteiger partial charge in [-0.25, -0.2) is 0 Å². The van der Waals surface area contributed by atoms with Gasteiger partial charge in [0.15, 0.2) is 0 Å². The van der Waals surface area contributed by atoms with Gasteiger partial charge in [-0.05, 0) is 56.4 Å². The molecule has 3 fully saturated rings. The molecule has 0 aliphatic carbocycles. The minimum Gasteiger partial charge on any atom is -0.455 e. The van der Waals surface area contributed by atoms with E-state index in [4.69, 9.17) is 9.47 Å². The summed E-state index contributed by atoms with van der Waals surface area (Å²) in [5.41, 5.74) is -1.26. The van der Waals surface area contributed by atoms with Crippen LogP contribution >= 0.6 is 0 Å². The first-order valence-corrected chi connectivity index (χ1v) is 17.7. The lowest BCUT2D eigenvalue weighted by Gasteiger charge is -2.46. The lowest BCUT2D eigenvalue weighted by molar-refractivity contribution is -0.162. The summed E-state index contributed by atoms with van der Waals surface area (Å²) >= 11 is 0. The van der Waals surface area contributed by atoms with E-state index in [-0.39, 0.29) is 55.2 Å². The zero-order valence-corrected chi connectivity index (χ0v) is 30.4. The van der Waals surface area contributed by atoms with Crippen molar-refractivity contribution < 1.29 is 33.8 Å². The van der Waals surface area contributed by atoms with Gasteiger partial charge in [0, 0.05) is 18.5 Å². The van der Waals surface area contributed by atoms with Crippen LogP contribution in [0.3, 0.4) is 0 Å². The Kier molecular flexibility index (Phi) is 11.9. The van der Waals surface area contributed by atoms with Crippen molar-refractivity contribution in [3.63, 3.8) is 0 Å². The van der Waals surface area contributed by atoms with Crippen LogP contribution in [-0.4, -0.2) is 87.6 Å². The average Bonchev–Trinajstić information content (AvgIpc) is 3.67. The molecule has 1 aromatic rings. The van der Waals surface area contributed by atoms with E-state index in [0.717, 1.165) is 0 Å². The first-order valence-electron chi connectivity index (χ1n) is 17.7. The second-order valence-electron chi connectivity index (χ2n) is 16.1. The monoisotopic (exact) mass is 679 g/mol. The van der Waals surface area contributed by atoms with E-state index in [9.17, 15) is 19.5 Å². The molecule has 3 aliphatic rings. The van der Waals surface area contributed by atoms with Crippen LogP contribution in [0.15, 0.2) is 55.6 Å². The summed E-state index contributed by atoms with van der Waals surface area (Å²) < 4.78 is 12.9. The van der Waals surface area contributed by atoms with Crippen molar-refractivity contribution >= 4 is 23.7 Å². The molecule has 7 atom stereocenters. The van der Waals surface area contributed by atoms with Gasteiger partial charge in [-0.1, -0.05) is 77.1 Å². The Hall–Kier alpha value is -3.50. The highest BCUT2D eigenvalue weighted by Gasteiger charge is 2.76. The Balaban J connectivity index is 1.72. The number of amides is 3. The zero-order valence-electron chi connectivity index (χ0n) is 30.4. The summed E-state index contributed by atoms with van der Waals surface area (Å²) in [7, 11) is 0. The highest BCUT2D eigenvalue weighted by molar-refractivity contribution is 5.98. The molecule has 4 rings (SSSR count). The zero-order chi connectivity index (χ0) is 36.3. The number of hydrogen-bond donors (Lipinski definition) is 2. The largest absolute Gasteiger partial charge is 0.455 e. The van der Waals surface area contributed by atoms with Crippen molar-refractivity contribution in [3.05, 3.63) is 61.2 Å². The summed E-state index contributed by atoms with van der Waals surface area (Å²) in [5.74, 6) is -3.54. The number of fused-ring (bicyclic) bond motifs is 1. The summed E-state index contributed by atoms with van der Waals surface area (Å²) in [5, 5.41) is 13.5. The van der Waals surface area contributed by atoms with E-state index >= 15 is 4.79 Å². The summed E-state index contributed by atoms with van der Waals surface area (Å²) in [6.45, 7) is 21.8. The van der Waals surface area contributed by atoms with Crippen LogP contribution in [0.5, 0.6) is 0 Å². The number of esters is 1. The standard InChI is InChI=1S/C39H57N3O7/c1-10-12-18-30(44)40-22-29(26-16-14-13-15-17-26)48-36(47)31-28-19-20-39(49-28)32(31)34(45)42(27(23-43)25(3)4)33(39)35(46)41(21-11-2)38(8,9)24-37(5,6)7/h10-11,13-17,25,27-29,31-33,43H,1-2,12,18-24H2,3-9H3,(H,40,44)/t27-,28-,29+,31+,32+,33-,39+/m0/s1. The van der Waals surface area contributed by atoms with Gasteiger partial charge in [0.2, 0.25) is 17.7 Å². The van der Waals surface area contributed by atoms with Gasteiger partial charge in [-0.2, -0.15) is 0 Å². The maximum absolute atomic E-state index is 15.0. The average molecular weight is 680 g/mol. The van der Waals surface area contributed by atoms with E-state index in [1.54, 1.807) is 17.1 Å². The van der Waals surface area contributed by atoms with Crippen molar-refractivity contribution in [1.82, 2.24) is 15.1 Å². The van der Waals surface area contributed by atoms with E-state index in [2.05, 4.69) is 39.2 Å². The number of ether oxygens (including phenoxy) is 2. The van der Waals surface area contributed by atoms with Crippen molar-refractivity contribution in [2.75, 3.05) is 19.7 Å². The van der Waals surface area contributed by atoms with Crippen LogP contribution in [0.25, 0.3) is 0 Å². The Morgan fingerprint density at radius 3 is 2.39 bits per heavy atom. The Morgan fingerprint density at radius 2 is 1.82 bits per heavy atom.